The van der Waals surface area contributed by atoms with Gasteiger partial charge >= 0.3 is 5.97 Å². The Morgan fingerprint density at radius 3 is 2.48 bits per heavy atom. The molecule has 0 unspecified atom stereocenters. The van der Waals surface area contributed by atoms with E-state index in [0.29, 0.717) is 13.0 Å². The smallest absolute Gasteiger partial charge is 0.338 e. The second-order valence-corrected chi connectivity index (χ2v) is 6.68. The van der Waals surface area contributed by atoms with E-state index in [0.717, 1.165) is 25.3 Å². The van der Waals surface area contributed by atoms with E-state index in [1.807, 2.05) is 13.8 Å². The van der Waals surface area contributed by atoms with E-state index in [9.17, 15) is 17.6 Å². The van der Waals surface area contributed by atoms with Crippen molar-refractivity contribution in [2.75, 3.05) is 18.5 Å². The molecule has 0 aliphatic rings. The van der Waals surface area contributed by atoms with Crippen molar-refractivity contribution in [3.05, 3.63) is 23.5 Å². The molecule has 0 bridgehead atoms. The van der Waals surface area contributed by atoms with E-state index >= 15 is 0 Å². The standard InChI is InChI=1S/C15H23FN2O4S/c1-3-5-7-18-12-9-11(15(19)22-8-6-4-2)10-13(14(12)16)23(17,20)21/h9-10,18H,3-8H2,1-2H3,(H2,17,20,21). The number of halogens is 1. The average Bonchev–Trinajstić information content (AvgIpc) is 2.48. The molecule has 0 amide bonds. The van der Waals surface area contributed by atoms with Gasteiger partial charge in [-0.2, -0.15) is 0 Å². The van der Waals surface area contributed by atoms with Gasteiger partial charge in [-0.25, -0.2) is 22.7 Å². The number of primary sulfonamides is 1. The molecule has 0 fully saturated rings. The molecule has 6 nitrogen and oxygen atoms in total. The van der Waals surface area contributed by atoms with E-state index < -0.39 is 26.7 Å². The summed E-state index contributed by atoms with van der Waals surface area (Å²) in [6.45, 7) is 4.58. The molecule has 3 N–H and O–H groups in total. The highest BCUT2D eigenvalue weighted by atomic mass is 32.2. The van der Waals surface area contributed by atoms with Crippen molar-refractivity contribution in [3.8, 4) is 0 Å². The Balaban J connectivity index is 3.15. The molecular weight excluding hydrogens is 323 g/mol. The monoisotopic (exact) mass is 346 g/mol. The number of carbonyl (C=O) groups excluding carboxylic acids is 1. The fraction of sp³-hybridized carbons (Fsp3) is 0.533. The summed E-state index contributed by atoms with van der Waals surface area (Å²) in [4.78, 5) is 11.3. The zero-order chi connectivity index (χ0) is 17.5. The Kier molecular flexibility index (Phi) is 7.44. The van der Waals surface area contributed by atoms with Gasteiger partial charge in [0.2, 0.25) is 10.0 Å². The highest BCUT2D eigenvalue weighted by Crippen LogP contribution is 2.24. The number of nitrogens with two attached hydrogens (primary N) is 1. The average molecular weight is 346 g/mol. The summed E-state index contributed by atoms with van der Waals surface area (Å²) in [6.07, 6.45) is 3.20. The molecule has 130 valence electrons. The van der Waals surface area contributed by atoms with Gasteiger partial charge in [0.1, 0.15) is 4.90 Å². The molecule has 0 aliphatic heterocycles. The van der Waals surface area contributed by atoms with Gasteiger partial charge in [-0.3, -0.25) is 0 Å². The van der Waals surface area contributed by atoms with Crippen LogP contribution in [0.2, 0.25) is 0 Å². The molecule has 1 aromatic carbocycles. The number of ether oxygens (including phenoxy) is 1. The van der Waals surface area contributed by atoms with Gasteiger partial charge in [-0.05, 0) is 25.0 Å². The Labute approximate surface area is 136 Å². The van der Waals surface area contributed by atoms with Gasteiger partial charge in [0.25, 0.3) is 0 Å². The van der Waals surface area contributed by atoms with E-state index in [1.165, 1.54) is 6.07 Å². The van der Waals surface area contributed by atoms with Crippen LogP contribution in [0.5, 0.6) is 0 Å². The van der Waals surface area contributed by atoms with E-state index in [2.05, 4.69) is 5.32 Å². The first-order valence-electron chi connectivity index (χ1n) is 7.58. The SMILES string of the molecule is CCCCNc1cc(C(=O)OCCCC)cc(S(N)(=O)=O)c1F. The van der Waals surface area contributed by atoms with Crippen molar-refractivity contribution < 1.29 is 22.3 Å². The van der Waals surface area contributed by atoms with Gasteiger partial charge in [0.05, 0.1) is 17.9 Å². The minimum atomic E-state index is -4.29. The van der Waals surface area contributed by atoms with E-state index in [-0.39, 0.29) is 17.9 Å². The summed E-state index contributed by atoms with van der Waals surface area (Å²) in [6, 6.07) is 2.15. The number of hydrogen-bond acceptors (Lipinski definition) is 5. The second-order valence-electron chi connectivity index (χ2n) is 5.15. The molecule has 0 aliphatic carbocycles. The number of esters is 1. The van der Waals surface area contributed by atoms with Crippen LogP contribution in [0.25, 0.3) is 0 Å². The van der Waals surface area contributed by atoms with Crippen molar-refractivity contribution in [1.82, 2.24) is 0 Å². The molecular formula is C15H23FN2O4S. The van der Waals surface area contributed by atoms with Crippen molar-refractivity contribution in [2.45, 2.75) is 44.4 Å². The molecule has 0 saturated heterocycles. The van der Waals surface area contributed by atoms with Gasteiger partial charge in [0.15, 0.2) is 5.82 Å². The van der Waals surface area contributed by atoms with Gasteiger partial charge < -0.3 is 10.1 Å². The predicted octanol–water partition coefficient (Wildman–Crippen LogP) is 2.64. The fourth-order valence-corrected chi connectivity index (χ4v) is 2.49. The molecule has 0 saturated carbocycles. The minimum Gasteiger partial charge on any atom is -0.462 e. The Hall–Kier alpha value is -1.67. The van der Waals surface area contributed by atoms with Crippen LogP contribution < -0.4 is 10.5 Å². The van der Waals surface area contributed by atoms with Gasteiger partial charge in [-0.15, -0.1) is 0 Å². The largest absolute Gasteiger partial charge is 0.462 e. The number of anilines is 1. The maximum atomic E-state index is 14.3. The molecule has 0 atom stereocenters. The lowest BCUT2D eigenvalue weighted by Crippen LogP contribution is -2.18. The van der Waals surface area contributed by atoms with Gasteiger partial charge in [-0.1, -0.05) is 26.7 Å². The first kappa shape index (κ1) is 19.4. The van der Waals surface area contributed by atoms with Crippen LogP contribution in [0.15, 0.2) is 17.0 Å². The zero-order valence-electron chi connectivity index (χ0n) is 13.4. The summed E-state index contributed by atoms with van der Waals surface area (Å²) >= 11 is 0. The van der Waals surface area contributed by atoms with E-state index in [4.69, 9.17) is 9.88 Å². The molecule has 0 aromatic heterocycles. The third kappa shape index (κ3) is 5.80. The van der Waals surface area contributed by atoms with Crippen LogP contribution in [0.3, 0.4) is 0 Å². The molecule has 0 heterocycles. The van der Waals surface area contributed by atoms with Crippen molar-refractivity contribution in [3.63, 3.8) is 0 Å². The Morgan fingerprint density at radius 2 is 1.91 bits per heavy atom. The van der Waals surface area contributed by atoms with Crippen molar-refractivity contribution >= 4 is 21.7 Å². The number of unbranched alkanes of at least 4 members (excludes halogenated alkanes) is 2. The number of carbonyl (C=O) groups is 1. The van der Waals surface area contributed by atoms with Crippen molar-refractivity contribution in [2.24, 2.45) is 5.14 Å². The number of hydrogen-bond donors (Lipinski definition) is 2. The van der Waals surface area contributed by atoms with Crippen LogP contribution in [0.1, 0.15) is 49.9 Å². The zero-order valence-corrected chi connectivity index (χ0v) is 14.2. The first-order valence-corrected chi connectivity index (χ1v) is 9.13. The normalized spacial score (nSPS) is 11.3. The summed E-state index contributed by atoms with van der Waals surface area (Å²) in [5.41, 5.74) is -0.127. The van der Waals surface area contributed by atoms with Crippen molar-refractivity contribution in [1.29, 1.82) is 0 Å². The Morgan fingerprint density at radius 1 is 1.26 bits per heavy atom. The van der Waals surface area contributed by atoms with Crippen LogP contribution >= 0.6 is 0 Å². The third-order valence-corrected chi connectivity index (χ3v) is 4.07. The summed E-state index contributed by atoms with van der Waals surface area (Å²) in [7, 11) is -4.29. The van der Waals surface area contributed by atoms with Gasteiger partial charge in [0, 0.05) is 6.54 Å². The molecule has 0 spiro atoms. The highest BCUT2D eigenvalue weighted by molar-refractivity contribution is 7.89. The molecule has 0 radical (unpaired) electrons. The topological polar surface area (TPSA) is 98.5 Å². The fourth-order valence-electron chi connectivity index (χ4n) is 1.84. The number of rotatable bonds is 9. The second kappa shape index (κ2) is 8.83. The molecule has 1 rings (SSSR count). The molecule has 23 heavy (non-hydrogen) atoms. The maximum absolute atomic E-state index is 14.3. The number of benzene rings is 1. The number of nitrogens with one attached hydrogen (secondary N) is 1. The maximum Gasteiger partial charge on any atom is 0.338 e. The van der Waals surface area contributed by atoms with Crippen LogP contribution in [-0.4, -0.2) is 27.5 Å². The minimum absolute atomic E-state index is 0.0504. The quantitative estimate of drug-likeness (QED) is 0.529. The molecule has 1 aromatic rings. The number of sulfonamides is 1. The summed E-state index contributed by atoms with van der Waals surface area (Å²) < 4.78 is 42.4. The van der Waals surface area contributed by atoms with E-state index in [1.54, 1.807) is 0 Å². The van der Waals surface area contributed by atoms with Crippen LogP contribution in [0, 0.1) is 5.82 Å². The molecule has 8 heteroatoms. The third-order valence-electron chi connectivity index (χ3n) is 3.16. The summed E-state index contributed by atoms with van der Waals surface area (Å²) in [5, 5.41) is 7.81. The Bertz CT molecular complexity index is 647. The predicted molar refractivity (Wildman–Crippen MR) is 86.4 cm³/mol. The lowest BCUT2D eigenvalue weighted by molar-refractivity contribution is 0.0499. The lowest BCUT2D eigenvalue weighted by atomic mass is 10.2. The highest BCUT2D eigenvalue weighted by Gasteiger charge is 2.22. The van der Waals surface area contributed by atoms with Crippen LogP contribution in [0.4, 0.5) is 10.1 Å². The lowest BCUT2D eigenvalue weighted by Gasteiger charge is -2.12. The van der Waals surface area contributed by atoms with Crippen LogP contribution in [-0.2, 0) is 14.8 Å². The summed E-state index contributed by atoms with van der Waals surface area (Å²) in [5.74, 6) is -1.70. The first-order chi connectivity index (χ1) is 10.8.